The van der Waals surface area contributed by atoms with Crippen LogP contribution in [0.1, 0.15) is 47.8 Å². The molecule has 4 aromatic rings. The highest BCUT2D eigenvalue weighted by Gasteiger charge is 2.28. The van der Waals surface area contributed by atoms with Crippen LogP contribution in [0.25, 0.3) is 21.8 Å². The van der Waals surface area contributed by atoms with E-state index in [1.807, 2.05) is 16.7 Å². The van der Waals surface area contributed by atoms with Crippen LogP contribution in [0.15, 0.2) is 46.0 Å². The van der Waals surface area contributed by atoms with E-state index < -0.39 is 0 Å². The summed E-state index contributed by atoms with van der Waals surface area (Å²) in [4.78, 5) is 30.3. The molecule has 1 aliphatic carbocycles. The molecule has 1 aromatic carbocycles. The molecule has 0 saturated heterocycles. The number of fused-ring (bicyclic) bond motifs is 3. The fourth-order valence-electron chi connectivity index (χ4n) is 5.01. The maximum absolute atomic E-state index is 13.6. The molecular weight excluding hydrogens is 456 g/mol. The summed E-state index contributed by atoms with van der Waals surface area (Å²) in [6, 6.07) is 7.21. The number of methoxy groups -OCH3 is 1. The molecule has 5 rings (SSSR count). The Morgan fingerprint density at radius 3 is 2.97 bits per heavy atom. The average molecular weight is 481 g/mol. The fourth-order valence-corrected chi connectivity index (χ4v) is 5.27. The molecule has 176 valence electrons. The monoisotopic (exact) mass is 480 g/mol. The van der Waals surface area contributed by atoms with E-state index in [-0.39, 0.29) is 23.4 Å². The van der Waals surface area contributed by atoms with Crippen molar-refractivity contribution in [3.63, 3.8) is 0 Å². The van der Waals surface area contributed by atoms with Crippen molar-refractivity contribution in [2.45, 2.75) is 38.6 Å². The lowest BCUT2D eigenvalue weighted by molar-refractivity contribution is 0.0939. The van der Waals surface area contributed by atoms with Crippen LogP contribution < -0.4 is 15.6 Å². The van der Waals surface area contributed by atoms with Crippen molar-refractivity contribution < 1.29 is 14.1 Å². The van der Waals surface area contributed by atoms with Gasteiger partial charge in [0.25, 0.3) is 11.5 Å². The lowest BCUT2D eigenvalue weighted by Gasteiger charge is -2.31. The molecule has 3 aromatic heterocycles. The molecule has 2 atom stereocenters. The Bertz CT molecular complexity index is 1440. The van der Waals surface area contributed by atoms with E-state index in [9.17, 15) is 9.59 Å². The van der Waals surface area contributed by atoms with Gasteiger partial charge >= 0.3 is 0 Å². The Labute approximate surface area is 200 Å². The number of ether oxygens (including phenoxy) is 1. The van der Waals surface area contributed by atoms with Gasteiger partial charge in [-0.3, -0.25) is 14.6 Å². The van der Waals surface area contributed by atoms with E-state index in [2.05, 4.69) is 15.5 Å². The third kappa shape index (κ3) is 3.92. The summed E-state index contributed by atoms with van der Waals surface area (Å²) in [5, 5.41) is 8.89. The third-order valence-corrected chi connectivity index (χ3v) is 6.98. The van der Waals surface area contributed by atoms with Crippen LogP contribution in [-0.2, 0) is 0 Å². The Morgan fingerprint density at radius 1 is 1.29 bits per heavy atom. The van der Waals surface area contributed by atoms with E-state index in [1.54, 1.807) is 25.3 Å². The molecule has 34 heavy (non-hydrogen) atoms. The zero-order valence-electron chi connectivity index (χ0n) is 19.0. The largest absolute Gasteiger partial charge is 0.495 e. The molecular formula is C25H25ClN4O4. The number of rotatable bonds is 5. The minimum Gasteiger partial charge on any atom is -0.495 e. The summed E-state index contributed by atoms with van der Waals surface area (Å²) in [6.07, 6.45) is 6.67. The van der Waals surface area contributed by atoms with Crippen LogP contribution in [0, 0.1) is 12.8 Å². The predicted octanol–water partition coefficient (Wildman–Crippen LogP) is 4.67. The summed E-state index contributed by atoms with van der Waals surface area (Å²) < 4.78 is 12.4. The molecule has 2 unspecified atom stereocenters. The van der Waals surface area contributed by atoms with Crippen molar-refractivity contribution in [2.24, 2.45) is 5.92 Å². The van der Waals surface area contributed by atoms with Crippen molar-refractivity contribution in [3.05, 3.63) is 63.4 Å². The first-order valence-corrected chi connectivity index (χ1v) is 11.7. The maximum atomic E-state index is 13.6. The van der Waals surface area contributed by atoms with Crippen LogP contribution in [0.2, 0.25) is 5.02 Å². The average Bonchev–Trinajstić information content (AvgIpc) is 3.24. The molecule has 0 aliphatic heterocycles. The number of pyridine rings is 2. The second-order valence-electron chi connectivity index (χ2n) is 8.78. The maximum Gasteiger partial charge on any atom is 0.264 e. The molecule has 0 bridgehead atoms. The SMILES string of the molecule is COc1cncc(C(=O)NCC2CCCC(n3c(=O)c4c(C)onc4c4c(Cl)cccc43)C2)c1. The van der Waals surface area contributed by atoms with Crippen LogP contribution in [0.3, 0.4) is 0 Å². The highest BCUT2D eigenvalue weighted by atomic mass is 35.5. The number of nitrogens with zero attached hydrogens (tertiary/aromatic N) is 3. The van der Waals surface area contributed by atoms with Gasteiger partial charge in [-0.15, -0.1) is 0 Å². The van der Waals surface area contributed by atoms with Crippen molar-refractivity contribution in [3.8, 4) is 5.75 Å². The quantitative estimate of drug-likeness (QED) is 0.445. The van der Waals surface area contributed by atoms with Gasteiger partial charge in [0, 0.05) is 24.2 Å². The number of amides is 1. The normalized spacial score (nSPS) is 18.3. The highest BCUT2D eigenvalue weighted by Crippen LogP contribution is 2.36. The van der Waals surface area contributed by atoms with E-state index >= 15 is 0 Å². The third-order valence-electron chi connectivity index (χ3n) is 6.67. The molecule has 8 nitrogen and oxygen atoms in total. The number of aromatic nitrogens is 3. The summed E-state index contributed by atoms with van der Waals surface area (Å²) >= 11 is 6.54. The second kappa shape index (κ2) is 9.10. The Hall–Kier alpha value is -3.39. The second-order valence-corrected chi connectivity index (χ2v) is 9.19. The molecule has 1 aliphatic rings. The van der Waals surface area contributed by atoms with Crippen molar-refractivity contribution >= 4 is 39.3 Å². The number of aryl methyl sites for hydroxylation is 1. The Kier molecular flexibility index (Phi) is 6.00. The molecule has 3 heterocycles. The lowest BCUT2D eigenvalue weighted by Crippen LogP contribution is -2.34. The van der Waals surface area contributed by atoms with Gasteiger partial charge in [0.1, 0.15) is 22.4 Å². The predicted molar refractivity (Wildman–Crippen MR) is 130 cm³/mol. The molecule has 0 spiro atoms. The van der Waals surface area contributed by atoms with Crippen LogP contribution in [0.5, 0.6) is 5.75 Å². The first-order chi connectivity index (χ1) is 16.5. The van der Waals surface area contributed by atoms with Gasteiger partial charge in [-0.05, 0) is 50.3 Å². The number of benzene rings is 1. The highest BCUT2D eigenvalue weighted by molar-refractivity contribution is 6.37. The first-order valence-electron chi connectivity index (χ1n) is 11.3. The van der Waals surface area contributed by atoms with Gasteiger partial charge in [-0.2, -0.15) is 0 Å². The number of hydrogen-bond acceptors (Lipinski definition) is 6. The number of halogens is 1. The Balaban J connectivity index is 1.42. The number of carbonyl (C=O) groups excluding carboxylic acids is 1. The van der Waals surface area contributed by atoms with E-state index in [0.717, 1.165) is 36.6 Å². The minimum absolute atomic E-state index is 0.0127. The van der Waals surface area contributed by atoms with Gasteiger partial charge in [0.15, 0.2) is 0 Å². The number of nitrogens with one attached hydrogen (secondary N) is 1. The zero-order valence-corrected chi connectivity index (χ0v) is 19.8. The van der Waals surface area contributed by atoms with Gasteiger partial charge in [-0.1, -0.05) is 29.2 Å². The van der Waals surface area contributed by atoms with Gasteiger partial charge < -0.3 is 19.1 Å². The first kappa shape index (κ1) is 22.4. The molecule has 1 N–H and O–H groups in total. The van der Waals surface area contributed by atoms with Crippen LogP contribution >= 0.6 is 11.6 Å². The van der Waals surface area contributed by atoms with Crippen molar-refractivity contribution in [1.29, 1.82) is 0 Å². The standard InChI is InChI=1S/C25H25ClN4O4/c1-14-21-23(29-34-14)22-19(26)7-4-8-20(22)30(25(21)32)17-6-3-5-15(9-17)11-28-24(31)16-10-18(33-2)13-27-12-16/h4,7-8,10,12-13,15,17H,3,5-6,9,11H2,1-2H3,(H,28,31). The summed E-state index contributed by atoms with van der Waals surface area (Å²) in [5.41, 5.74) is 1.61. The molecule has 0 radical (unpaired) electrons. The topological polar surface area (TPSA) is 99.2 Å². The lowest BCUT2D eigenvalue weighted by atomic mass is 9.85. The molecule has 1 amide bonds. The molecule has 1 fully saturated rings. The van der Waals surface area contributed by atoms with Crippen LogP contribution in [0.4, 0.5) is 0 Å². The van der Waals surface area contributed by atoms with E-state index in [4.69, 9.17) is 20.9 Å². The van der Waals surface area contributed by atoms with Crippen LogP contribution in [-0.4, -0.2) is 34.3 Å². The number of hydrogen-bond donors (Lipinski definition) is 1. The summed E-state index contributed by atoms with van der Waals surface area (Å²) in [7, 11) is 1.54. The smallest absolute Gasteiger partial charge is 0.264 e. The zero-order chi connectivity index (χ0) is 23.8. The van der Waals surface area contributed by atoms with E-state index in [1.165, 1.54) is 13.3 Å². The molecule has 1 saturated carbocycles. The summed E-state index contributed by atoms with van der Waals surface area (Å²) in [5.74, 6) is 1.07. The fraction of sp³-hybridized carbons (Fsp3) is 0.360. The number of carbonyl (C=O) groups is 1. The molecule has 9 heteroatoms. The Morgan fingerprint density at radius 2 is 2.15 bits per heavy atom. The van der Waals surface area contributed by atoms with E-state index in [0.29, 0.717) is 39.5 Å². The minimum atomic E-state index is -0.190. The van der Waals surface area contributed by atoms with Crippen molar-refractivity contribution in [1.82, 2.24) is 20.0 Å². The summed E-state index contributed by atoms with van der Waals surface area (Å²) in [6.45, 7) is 2.27. The van der Waals surface area contributed by atoms with Gasteiger partial charge in [0.2, 0.25) is 0 Å². The van der Waals surface area contributed by atoms with Crippen molar-refractivity contribution in [2.75, 3.05) is 13.7 Å². The van der Waals surface area contributed by atoms with Gasteiger partial charge in [0.05, 0.1) is 29.4 Å². The van der Waals surface area contributed by atoms with Gasteiger partial charge in [-0.25, -0.2) is 0 Å².